The highest BCUT2D eigenvalue weighted by atomic mass is 32.1. The Balaban J connectivity index is 1.98. The maximum absolute atomic E-state index is 12.1. The van der Waals surface area contributed by atoms with Crippen LogP contribution in [0.25, 0.3) is 0 Å². The summed E-state index contributed by atoms with van der Waals surface area (Å²) in [5.74, 6) is -0.479. The normalized spacial score (nSPS) is 15.2. The van der Waals surface area contributed by atoms with E-state index >= 15 is 0 Å². The Kier molecular flexibility index (Phi) is 4.34. The molecule has 1 atom stereocenters. The average Bonchev–Trinajstić information content (AvgIpc) is 3.22. The quantitative estimate of drug-likeness (QED) is 0.698. The fourth-order valence-electron chi connectivity index (χ4n) is 1.71. The van der Waals surface area contributed by atoms with Crippen molar-refractivity contribution >= 4 is 29.0 Å². The molecule has 0 radical (unpaired) electrons. The molecule has 0 bridgehead atoms. The van der Waals surface area contributed by atoms with Crippen molar-refractivity contribution < 1.29 is 9.59 Å². The molecule has 4 N–H and O–H groups in total. The van der Waals surface area contributed by atoms with Gasteiger partial charge in [0.1, 0.15) is 11.0 Å². The molecule has 2 amide bonds. The summed E-state index contributed by atoms with van der Waals surface area (Å²) in [5, 5.41) is 5.51. The second-order valence-electron chi connectivity index (χ2n) is 4.92. The lowest BCUT2D eigenvalue weighted by Gasteiger charge is -2.14. The summed E-state index contributed by atoms with van der Waals surface area (Å²) in [5.41, 5.74) is 6.59. The first-order valence-corrected chi connectivity index (χ1v) is 6.89. The molecule has 0 heterocycles. The van der Waals surface area contributed by atoms with Gasteiger partial charge >= 0.3 is 0 Å². The van der Waals surface area contributed by atoms with Gasteiger partial charge in [0, 0.05) is 17.2 Å². The van der Waals surface area contributed by atoms with Gasteiger partial charge in [-0.2, -0.15) is 0 Å². The number of thiocarbonyl (C=S) groups is 1. The molecule has 1 aromatic rings. The van der Waals surface area contributed by atoms with E-state index in [1.165, 1.54) is 0 Å². The van der Waals surface area contributed by atoms with Crippen LogP contribution in [0.1, 0.15) is 35.7 Å². The molecule has 6 heteroatoms. The summed E-state index contributed by atoms with van der Waals surface area (Å²) in [6.07, 6.45) is 2.03. The Labute approximate surface area is 122 Å². The minimum Gasteiger partial charge on any atom is -0.389 e. The van der Waals surface area contributed by atoms with Crippen LogP contribution in [0.3, 0.4) is 0 Å². The van der Waals surface area contributed by atoms with Gasteiger partial charge in [-0.3, -0.25) is 9.59 Å². The van der Waals surface area contributed by atoms with Crippen LogP contribution >= 0.6 is 12.2 Å². The van der Waals surface area contributed by atoms with Crippen molar-refractivity contribution in [3.05, 3.63) is 35.4 Å². The Morgan fingerprint density at radius 2 is 2.00 bits per heavy atom. The van der Waals surface area contributed by atoms with E-state index in [1.807, 2.05) is 0 Å². The van der Waals surface area contributed by atoms with E-state index < -0.39 is 6.04 Å². The minimum atomic E-state index is -0.573. The molecule has 1 fully saturated rings. The van der Waals surface area contributed by atoms with E-state index in [0.717, 1.165) is 12.8 Å². The van der Waals surface area contributed by atoms with Crippen LogP contribution in [-0.2, 0) is 4.79 Å². The number of carbonyl (C=O) groups excluding carboxylic acids is 2. The van der Waals surface area contributed by atoms with Gasteiger partial charge in [0.2, 0.25) is 5.91 Å². The van der Waals surface area contributed by atoms with Crippen LogP contribution in [0.5, 0.6) is 0 Å². The molecule has 1 unspecified atom stereocenters. The van der Waals surface area contributed by atoms with Gasteiger partial charge in [0.15, 0.2) is 0 Å². The Morgan fingerprint density at radius 3 is 2.60 bits per heavy atom. The number of hydrogen-bond acceptors (Lipinski definition) is 3. The van der Waals surface area contributed by atoms with Crippen molar-refractivity contribution in [3.8, 4) is 0 Å². The number of nitrogens with two attached hydrogens (primary N) is 1. The number of nitrogens with one attached hydrogen (secondary N) is 2. The molecular weight excluding hydrogens is 274 g/mol. The minimum absolute atomic E-state index is 0.161. The Hall–Kier alpha value is -1.95. The van der Waals surface area contributed by atoms with Crippen molar-refractivity contribution in [2.24, 2.45) is 5.73 Å². The van der Waals surface area contributed by atoms with Crippen molar-refractivity contribution in [2.75, 3.05) is 0 Å². The van der Waals surface area contributed by atoms with Gasteiger partial charge in [-0.25, -0.2) is 0 Å². The average molecular weight is 291 g/mol. The smallest absolute Gasteiger partial charge is 0.251 e. The van der Waals surface area contributed by atoms with E-state index in [9.17, 15) is 9.59 Å². The summed E-state index contributed by atoms with van der Waals surface area (Å²) in [4.78, 5) is 24.1. The predicted octanol–water partition coefficient (Wildman–Crippen LogP) is 0.718. The molecule has 20 heavy (non-hydrogen) atoms. The monoisotopic (exact) mass is 291 g/mol. The number of carbonyl (C=O) groups is 2. The third kappa shape index (κ3) is 3.77. The molecule has 0 saturated heterocycles. The lowest BCUT2D eigenvalue weighted by Crippen LogP contribution is -2.45. The van der Waals surface area contributed by atoms with Crippen LogP contribution in [-0.4, -0.2) is 28.9 Å². The third-order valence-corrected chi connectivity index (χ3v) is 3.31. The highest BCUT2D eigenvalue weighted by Gasteiger charge is 2.26. The highest BCUT2D eigenvalue weighted by molar-refractivity contribution is 7.80. The van der Waals surface area contributed by atoms with Crippen molar-refractivity contribution in [1.82, 2.24) is 10.6 Å². The van der Waals surface area contributed by atoms with E-state index in [1.54, 1.807) is 31.2 Å². The number of benzene rings is 1. The summed E-state index contributed by atoms with van der Waals surface area (Å²) >= 11 is 4.87. The van der Waals surface area contributed by atoms with Gasteiger partial charge in [-0.05, 0) is 31.9 Å². The molecule has 0 spiro atoms. The number of rotatable bonds is 5. The topological polar surface area (TPSA) is 84.2 Å². The molecule has 106 valence electrons. The summed E-state index contributed by atoms with van der Waals surface area (Å²) in [7, 11) is 0. The van der Waals surface area contributed by atoms with Crippen molar-refractivity contribution in [3.63, 3.8) is 0 Å². The first-order chi connectivity index (χ1) is 9.47. The van der Waals surface area contributed by atoms with E-state index in [-0.39, 0.29) is 22.8 Å². The van der Waals surface area contributed by atoms with Gasteiger partial charge in [-0.15, -0.1) is 0 Å². The lowest BCUT2D eigenvalue weighted by atomic mass is 10.1. The van der Waals surface area contributed by atoms with Crippen molar-refractivity contribution in [2.45, 2.75) is 31.8 Å². The molecule has 1 aliphatic carbocycles. The fraction of sp³-hybridized carbons (Fsp3) is 0.357. The second-order valence-corrected chi connectivity index (χ2v) is 5.36. The van der Waals surface area contributed by atoms with E-state index in [4.69, 9.17) is 18.0 Å². The molecule has 1 saturated carbocycles. The van der Waals surface area contributed by atoms with E-state index in [0.29, 0.717) is 11.1 Å². The van der Waals surface area contributed by atoms with Crippen LogP contribution in [0.15, 0.2) is 24.3 Å². The SMILES string of the molecule is CC(NC(=O)c1cccc(C(N)=S)c1)C(=O)NC1CC1. The summed E-state index contributed by atoms with van der Waals surface area (Å²) in [6.45, 7) is 1.66. The Bertz CT molecular complexity index is 555. The fourth-order valence-corrected chi connectivity index (χ4v) is 1.84. The molecule has 0 aromatic heterocycles. The zero-order valence-electron chi connectivity index (χ0n) is 11.2. The molecule has 0 aliphatic heterocycles. The molecule has 1 aromatic carbocycles. The zero-order chi connectivity index (χ0) is 14.7. The van der Waals surface area contributed by atoms with Crippen molar-refractivity contribution in [1.29, 1.82) is 0 Å². The van der Waals surface area contributed by atoms with E-state index in [2.05, 4.69) is 10.6 Å². The molecule has 5 nitrogen and oxygen atoms in total. The summed E-state index contributed by atoms with van der Waals surface area (Å²) < 4.78 is 0. The zero-order valence-corrected chi connectivity index (χ0v) is 12.0. The van der Waals surface area contributed by atoms with Crippen LogP contribution < -0.4 is 16.4 Å². The number of hydrogen-bond donors (Lipinski definition) is 3. The first kappa shape index (κ1) is 14.5. The van der Waals surface area contributed by atoms with Crippen LogP contribution in [0, 0.1) is 0 Å². The standard InChI is InChI=1S/C14H17N3O2S/c1-8(13(18)17-11-5-6-11)16-14(19)10-4-2-3-9(7-10)12(15)20/h2-4,7-8,11H,5-6H2,1H3,(H2,15,20)(H,16,19)(H,17,18). The third-order valence-electron chi connectivity index (χ3n) is 3.07. The Morgan fingerprint density at radius 1 is 1.35 bits per heavy atom. The predicted molar refractivity (Wildman–Crippen MR) is 80.4 cm³/mol. The maximum Gasteiger partial charge on any atom is 0.251 e. The second kappa shape index (κ2) is 6.00. The summed E-state index contributed by atoms with van der Waals surface area (Å²) in [6, 6.07) is 6.42. The van der Waals surface area contributed by atoms with Gasteiger partial charge in [-0.1, -0.05) is 24.4 Å². The molecular formula is C14H17N3O2S. The van der Waals surface area contributed by atoms with Crippen LogP contribution in [0.4, 0.5) is 0 Å². The molecule has 1 aliphatic rings. The highest BCUT2D eigenvalue weighted by Crippen LogP contribution is 2.18. The van der Waals surface area contributed by atoms with Gasteiger partial charge in [0.25, 0.3) is 5.91 Å². The van der Waals surface area contributed by atoms with Crippen LogP contribution in [0.2, 0.25) is 0 Å². The largest absolute Gasteiger partial charge is 0.389 e. The maximum atomic E-state index is 12.1. The van der Waals surface area contributed by atoms with Gasteiger partial charge < -0.3 is 16.4 Å². The van der Waals surface area contributed by atoms with Gasteiger partial charge in [0.05, 0.1) is 0 Å². The number of amides is 2. The lowest BCUT2D eigenvalue weighted by molar-refractivity contribution is -0.122. The molecule has 2 rings (SSSR count). The first-order valence-electron chi connectivity index (χ1n) is 6.48.